The monoisotopic (exact) mass is 289 g/mol. The molecule has 0 bridgehead atoms. The lowest BCUT2D eigenvalue weighted by Crippen LogP contribution is -2.52. The van der Waals surface area contributed by atoms with Gasteiger partial charge in [0.05, 0.1) is 0 Å². The van der Waals surface area contributed by atoms with Crippen LogP contribution in [0.4, 0.5) is 0 Å². The molecular weight excluding hydrogens is 258 g/mol. The Morgan fingerprint density at radius 2 is 1.95 bits per heavy atom. The topological polar surface area (TPSA) is 18.5 Å². The van der Waals surface area contributed by atoms with Crippen molar-refractivity contribution in [1.82, 2.24) is 15.1 Å². The van der Waals surface area contributed by atoms with E-state index < -0.39 is 0 Å². The van der Waals surface area contributed by atoms with Crippen molar-refractivity contribution in [2.24, 2.45) is 0 Å². The summed E-state index contributed by atoms with van der Waals surface area (Å²) < 4.78 is 0. The molecule has 0 aliphatic carbocycles. The van der Waals surface area contributed by atoms with Crippen LogP contribution >= 0.6 is 0 Å². The molecule has 1 aliphatic rings. The molecule has 3 nitrogen and oxygen atoms in total. The van der Waals surface area contributed by atoms with Crippen molar-refractivity contribution in [1.29, 1.82) is 0 Å². The third kappa shape index (κ3) is 4.80. The highest BCUT2D eigenvalue weighted by atomic mass is 15.3. The van der Waals surface area contributed by atoms with Gasteiger partial charge in [0.2, 0.25) is 0 Å². The number of likely N-dealkylation sites (N-methyl/N-ethyl adjacent to an activating group) is 1. The molecule has 3 heteroatoms. The van der Waals surface area contributed by atoms with Crippen molar-refractivity contribution in [2.75, 3.05) is 39.3 Å². The second kappa shape index (κ2) is 8.52. The zero-order valence-corrected chi connectivity index (χ0v) is 13.9. The Labute approximate surface area is 130 Å². The molecule has 118 valence electrons. The number of benzene rings is 1. The molecule has 2 unspecified atom stereocenters. The highest BCUT2D eigenvalue weighted by Crippen LogP contribution is 2.18. The Balaban J connectivity index is 1.85. The quantitative estimate of drug-likeness (QED) is 0.833. The number of piperazine rings is 1. The molecule has 1 N–H and O–H groups in total. The highest BCUT2D eigenvalue weighted by molar-refractivity contribution is 5.18. The average molecular weight is 289 g/mol. The van der Waals surface area contributed by atoms with E-state index in [1.165, 1.54) is 44.7 Å². The Morgan fingerprint density at radius 3 is 2.57 bits per heavy atom. The summed E-state index contributed by atoms with van der Waals surface area (Å²) in [6, 6.07) is 12.0. The van der Waals surface area contributed by atoms with Gasteiger partial charge in [-0.3, -0.25) is 4.90 Å². The molecule has 0 radical (unpaired) electrons. The first-order valence-electron chi connectivity index (χ1n) is 8.49. The van der Waals surface area contributed by atoms with Crippen LogP contribution < -0.4 is 5.32 Å². The van der Waals surface area contributed by atoms with Crippen LogP contribution in [-0.4, -0.2) is 55.1 Å². The average Bonchev–Trinajstić information content (AvgIpc) is 2.52. The number of hydrogen-bond donors (Lipinski definition) is 1. The standard InChI is InChI=1S/C18H31N3/c1-4-19-18(17-9-7-6-8-10-17)11-12-20-13-14-21(5-2)16(3)15-20/h6-10,16,18-19H,4-5,11-15H2,1-3H3. The minimum atomic E-state index is 0.482. The second-order valence-electron chi connectivity index (χ2n) is 6.09. The Bertz CT molecular complexity index is 393. The molecule has 0 aromatic heterocycles. The first kappa shape index (κ1) is 16.5. The number of nitrogens with zero attached hydrogens (tertiary/aromatic N) is 2. The van der Waals surface area contributed by atoms with Gasteiger partial charge in [0.15, 0.2) is 0 Å². The molecule has 0 saturated carbocycles. The van der Waals surface area contributed by atoms with Crippen molar-refractivity contribution in [3.05, 3.63) is 35.9 Å². The van der Waals surface area contributed by atoms with Crippen molar-refractivity contribution in [3.63, 3.8) is 0 Å². The maximum Gasteiger partial charge on any atom is 0.0332 e. The van der Waals surface area contributed by atoms with Gasteiger partial charge in [-0.2, -0.15) is 0 Å². The van der Waals surface area contributed by atoms with E-state index >= 15 is 0 Å². The van der Waals surface area contributed by atoms with E-state index in [4.69, 9.17) is 0 Å². The molecular formula is C18H31N3. The fourth-order valence-corrected chi connectivity index (χ4v) is 3.37. The van der Waals surface area contributed by atoms with Crippen LogP contribution in [0.15, 0.2) is 30.3 Å². The Morgan fingerprint density at radius 1 is 1.19 bits per heavy atom. The number of hydrogen-bond acceptors (Lipinski definition) is 3. The minimum absolute atomic E-state index is 0.482. The fraction of sp³-hybridized carbons (Fsp3) is 0.667. The summed E-state index contributed by atoms with van der Waals surface area (Å²) in [6.45, 7) is 13.9. The van der Waals surface area contributed by atoms with Gasteiger partial charge in [-0.1, -0.05) is 44.2 Å². The normalized spacial score (nSPS) is 22.3. The first-order chi connectivity index (χ1) is 10.2. The van der Waals surface area contributed by atoms with E-state index in [2.05, 4.69) is 66.2 Å². The van der Waals surface area contributed by atoms with E-state index in [1.54, 1.807) is 0 Å². The predicted octanol–water partition coefficient (Wildman–Crippen LogP) is 2.75. The van der Waals surface area contributed by atoms with E-state index in [0.29, 0.717) is 12.1 Å². The van der Waals surface area contributed by atoms with E-state index in [-0.39, 0.29) is 0 Å². The summed E-state index contributed by atoms with van der Waals surface area (Å²) >= 11 is 0. The lowest BCUT2D eigenvalue weighted by molar-refractivity contribution is 0.0853. The minimum Gasteiger partial charge on any atom is -0.310 e. The van der Waals surface area contributed by atoms with Gasteiger partial charge >= 0.3 is 0 Å². The maximum atomic E-state index is 3.63. The Hall–Kier alpha value is -0.900. The van der Waals surface area contributed by atoms with Crippen LogP contribution in [0.3, 0.4) is 0 Å². The lowest BCUT2D eigenvalue weighted by atomic mass is 10.0. The smallest absolute Gasteiger partial charge is 0.0332 e. The van der Waals surface area contributed by atoms with Gasteiger partial charge in [0.1, 0.15) is 0 Å². The van der Waals surface area contributed by atoms with Gasteiger partial charge in [-0.15, -0.1) is 0 Å². The summed E-state index contributed by atoms with van der Waals surface area (Å²) in [7, 11) is 0. The van der Waals surface area contributed by atoms with Crippen molar-refractivity contribution in [3.8, 4) is 0 Å². The second-order valence-corrected chi connectivity index (χ2v) is 6.09. The predicted molar refractivity (Wildman–Crippen MR) is 90.6 cm³/mol. The molecule has 1 saturated heterocycles. The van der Waals surface area contributed by atoms with Crippen molar-refractivity contribution >= 4 is 0 Å². The zero-order valence-electron chi connectivity index (χ0n) is 13.9. The molecule has 1 heterocycles. The molecule has 2 rings (SSSR count). The largest absolute Gasteiger partial charge is 0.310 e. The van der Waals surface area contributed by atoms with E-state index in [1.807, 2.05) is 0 Å². The number of nitrogens with one attached hydrogen (secondary N) is 1. The van der Waals surface area contributed by atoms with E-state index in [9.17, 15) is 0 Å². The third-order valence-corrected chi connectivity index (χ3v) is 4.64. The van der Waals surface area contributed by atoms with Crippen LogP contribution in [-0.2, 0) is 0 Å². The van der Waals surface area contributed by atoms with Gasteiger partial charge in [-0.25, -0.2) is 0 Å². The SMILES string of the molecule is CCNC(CCN1CCN(CC)C(C)C1)c1ccccc1. The van der Waals surface area contributed by atoms with Crippen LogP contribution in [0, 0.1) is 0 Å². The van der Waals surface area contributed by atoms with Gasteiger partial charge in [-0.05, 0) is 32.0 Å². The molecule has 21 heavy (non-hydrogen) atoms. The summed E-state index contributed by atoms with van der Waals surface area (Å²) in [4.78, 5) is 5.21. The van der Waals surface area contributed by atoms with Crippen LogP contribution in [0.25, 0.3) is 0 Å². The zero-order chi connectivity index (χ0) is 15.1. The third-order valence-electron chi connectivity index (χ3n) is 4.64. The molecule has 1 aromatic rings. The number of rotatable bonds is 7. The van der Waals surface area contributed by atoms with Crippen LogP contribution in [0.2, 0.25) is 0 Å². The summed E-state index contributed by atoms with van der Waals surface area (Å²) in [5.74, 6) is 0. The van der Waals surface area contributed by atoms with Crippen LogP contribution in [0.5, 0.6) is 0 Å². The Kier molecular flexibility index (Phi) is 6.68. The fourth-order valence-electron chi connectivity index (χ4n) is 3.37. The summed E-state index contributed by atoms with van der Waals surface area (Å²) in [6.07, 6.45) is 1.19. The molecule has 0 spiro atoms. The van der Waals surface area contributed by atoms with Gasteiger partial charge in [0, 0.05) is 38.3 Å². The summed E-state index contributed by atoms with van der Waals surface area (Å²) in [5.41, 5.74) is 1.42. The molecule has 2 atom stereocenters. The van der Waals surface area contributed by atoms with E-state index in [0.717, 1.165) is 6.54 Å². The highest BCUT2D eigenvalue weighted by Gasteiger charge is 2.22. The molecule has 1 fully saturated rings. The van der Waals surface area contributed by atoms with Crippen molar-refractivity contribution in [2.45, 2.75) is 39.3 Å². The van der Waals surface area contributed by atoms with Gasteiger partial charge < -0.3 is 10.2 Å². The molecule has 0 amide bonds. The van der Waals surface area contributed by atoms with Crippen molar-refractivity contribution < 1.29 is 0 Å². The van der Waals surface area contributed by atoms with Gasteiger partial charge in [0.25, 0.3) is 0 Å². The molecule has 1 aromatic carbocycles. The maximum absolute atomic E-state index is 3.63. The molecule has 1 aliphatic heterocycles. The lowest BCUT2D eigenvalue weighted by Gasteiger charge is -2.39. The van der Waals surface area contributed by atoms with Crippen LogP contribution in [0.1, 0.15) is 38.8 Å². The first-order valence-corrected chi connectivity index (χ1v) is 8.49. The summed E-state index contributed by atoms with van der Waals surface area (Å²) in [5, 5.41) is 3.63.